The van der Waals surface area contributed by atoms with Gasteiger partial charge in [-0.05, 0) is 18.6 Å². The Morgan fingerprint density at radius 1 is 1.56 bits per heavy atom. The van der Waals surface area contributed by atoms with Crippen molar-refractivity contribution in [2.24, 2.45) is 0 Å². The summed E-state index contributed by atoms with van der Waals surface area (Å²) in [6, 6.07) is 5.38. The first kappa shape index (κ1) is 12.6. The van der Waals surface area contributed by atoms with Gasteiger partial charge in [0, 0.05) is 13.1 Å². The Bertz CT molecular complexity index is 433. The first-order valence-electron chi connectivity index (χ1n) is 6.09. The Labute approximate surface area is 105 Å². The Hall–Kier alpha value is -1.82. The first-order valence-corrected chi connectivity index (χ1v) is 6.09. The summed E-state index contributed by atoms with van der Waals surface area (Å²) in [5.74, 6) is 0.333. The summed E-state index contributed by atoms with van der Waals surface area (Å²) in [6.45, 7) is 4.11. The minimum absolute atomic E-state index is 0.0258. The molecule has 0 radical (unpaired) electrons. The zero-order valence-electron chi connectivity index (χ0n) is 10.3. The van der Waals surface area contributed by atoms with E-state index in [-0.39, 0.29) is 16.7 Å². The van der Waals surface area contributed by atoms with E-state index in [1.54, 1.807) is 18.2 Å². The second-order valence-corrected chi connectivity index (χ2v) is 4.26. The Kier molecular flexibility index (Phi) is 3.99. The minimum atomic E-state index is -0.389. The van der Waals surface area contributed by atoms with E-state index in [4.69, 9.17) is 4.74 Å². The van der Waals surface area contributed by atoms with E-state index in [1.807, 2.05) is 6.92 Å². The number of ether oxygens (including phenoxy) is 1. The van der Waals surface area contributed by atoms with E-state index in [2.05, 4.69) is 10.6 Å². The molecule has 0 spiro atoms. The lowest BCUT2D eigenvalue weighted by Crippen LogP contribution is -2.51. The molecule has 1 aliphatic heterocycles. The van der Waals surface area contributed by atoms with E-state index in [0.717, 1.165) is 19.5 Å². The molecule has 1 heterocycles. The summed E-state index contributed by atoms with van der Waals surface area (Å²) in [6.07, 6.45) is 0.821. The van der Waals surface area contributed by atoms with Gasteiger partial charge in [0.25, 0.3) is 0 Å². The van der Waals surface area contributed by atoms with E-state index in [1.165, 1.54) is 0 Å². The molecule has 2 rings (SSSR count). The number of benzene rings is 1. The van der Waals surface area contributed by atoms with Gasteiger partial charge >= 0.3 is 5.69 Å². The number of anilines is 1. The first-order chi connectivity index (χ1) is 8.72. The second kappa shape index (κ2) is 5.68. The smallest absolute Gasteiger partial charge is 0.333 e. The third-order valence-electron chi connectivity index (χ3n) is 2.78. The molecule has 0 aliphatic carbocycles. The highest BCUT2D eigenvalue weighted by molar-refractivity contribution is 5.69. The summed E-state index contributed by atoms with van der Waals surface area (Å²) in [5, 5.41) is 17.4. The molecule has 1 aromatic rings. The van der Waals surface area contributed by atoms with Crippen LogP contribution < -0.4 is 15.4 Å². The van der Waals surface area contributed by atoms with Gasteiger partial charge in [0.05, 0.1) is 17.6 Å². The predicted octanol–water partition coefficient (Wildman–Crippen LogP) is 1.77. The molecule has 1 aliphatic rings. The second-order valence-electron chi connectivity index (χ2n) is 4.26. The molecule has 6 nitrogen and oxygen atoms in total. The van der Waals surface area contributed by atoms with E-state index < -0.39 is 0 Å². The molecule has 0 unspecified atom stereocenters. The molecule has 6 heteroatoms. The lowest BCUT2D eigenvalue weighted by Gasteiger charge is -2.28. The summed E-state index contributed by atoms with van der Waals surface area (Å²) in [7, 11) is 0. The van der Waals surface area contributed by atoms with Crippen molar-refractivity contribution in [2.45, 2.75) is 19.4 Å². The van der Waals surface area contributed by atoms with Gasteiger partial charge in [0.1, 0.15) is 5.69 Å². The van der Waals surface area contributed by atoms with Crippen LogP contribution in [0, 0.1) is 10.1 Å². The van der Waals surface area contributed by atoms with Crippen LogP contribution >= 0.6 is 0 Å². The van der Waals surface area contributed by atoms with Crippen LogP contribution in [0.3, 0.4) is 0 Å². The predicted molar refractivity (Wildman–Crippen MR) is 69.2 cm³/mol. The quantitative estimate of drug-likeness (QED) is 0.595. The van der Waals surface area contributed by atoms with Gasteiger partial charge in [-0.25, -0.2) is 0 Å². The third kappa shape index (κ3) is 2.70. The maximum Gasteiger partial charge on any atom is 0.333 e. The van der Waals surface area contributed by atoms with Crippen LogP contribution in [0.15, 0.2) is 18.2 Å². The lowest BCUT2D eigenvalue weighted by molar-refractivity contribution is -0.385. The molecule has 18 heavy (non-hydrogen) atoms. The van der Waals surface area contributed by atoms with Crippen LogP contribution in [0.4, 0.5) is 11.4 Å². The van der Waals surface area contributed by atoms with Crippen LogP contribution in [0.5, 0.6) is 5.75 Å². The molecule has 2 N–H and O–H groups in total. The lowest BCUT2D eigenvalue weighted by atomic mass is 10.1. The fraction of sp³-hybridized carbons (Fsp3) is 0.500. The molecular weight excluding hydrogens is 234 g/mol. The Morgan fingerprint density at radius 2 is 2.33 bits per heavy atom. The molecule has 0 aromatic heterocycles. The van der Waals surface area contributed by atoms with Crippen molar-refractivity contribution in [1.29, 1.82) is 0 Å². The standard InChI is InChI=1S/C12H17N3O3/c1-2-6-18-11-5-3-4-10(12(11)15(16)17)14-9-7-13-8-9/h3-5,9,13-14H,2,6-8H2,1H3. The van der Waals surface area contributed by atoms with Crippen molar-refractivity contribution in [2.75, 3.05) is 25.0 Å². The molecule has 98 valence electrons. The summed E-state index contributed by atoms with van der Waals surface area (Å²) >= 11 is 0. The van der Waals surface area contributed by atoms with Gasteiger partial charge in [-0.1, -0.05) is 13.0 Å². The number of hydrogen-bond donors (Lipinski definition) is 2. The summed E-state index contributed by atoms with van der Waals surface area (Å²) in [5.41, 5.74) is 0.554. The van der Waals surface area contributed by atoms with Gasteiger partial charge in [-0.15, -0.1) is 0 Å². The zero-order valence-corrected chi connectivity index (χ0v) is 10.3. The largest absolute Gasteiger partial charge is 0.487 e. The minimum Gasteiger partial charge on any atom is -0.487 e. The monoisotopic (exact) mass is 251 g/mol. The average Bonchev–Trinajstić information content (AvgIpc) is 2.30. The molecule has 1 fully saturated rings. The van der Waals surface area contributed by atoms with Gasteiger partial charge in [0.15, 0.2) is 5.75 Å². The number of rotatable bonds is 6. The van der Waals surface area contributed by atoms with Crippen molar-refractivity contribution in [3.63, 3.8) is 0 Å². The average molecular weight is 251 g/mol. The normalized spacial score (nSPS) is 14.9. The highest BCUT2D eigenvalue weighted by Gasteiger charge is 2.24. The number of nitro groups is 1. The SMILES string of the molecule is CCCOc1cccc(NC2CNC2)c1[N+](=O)[O-]. The maximum absolute atomic E-state index is 11.2. The molecule has 0 atom stereocenters. The fourth-order valence-electron chi connectivity index (χ4n) is 1.77. The number of hydrogen-bond acceptors (Lipinski definition) is 5. The Balaban J connectivity index is 2.23. The van der Waals surface area contributed by atoms with Crippen molar-refractivity contribution in [3.05, 3.63) is 28.3 Å². The van der Waals surface area contributed by atoms with Crippen molar-refractivity contribution in [3.8, 4) is 5.75 Å². The topological polar surface area (TPSA) is 76.4 Å². The van der Waals surface area contributed by atoms with Crippen molar-refractivity contribution < 1.29 is 9.66 Å². The highest BCUT2D eigenvalue weighted by atomic mass is 16.6. The molecule has 0 bridgehead atoms. The van der Waals surface area contributed by atoms with Gasteiger partial charge in [-0.2, -0.15) is 0 Å². The van der Waals surface area contributed by atoms with Crippen LogP contribution in [0.1, 0.15) is 13.3 Å². The van der Waals surface area contributed by atoms with Crippen molar-refractivity contribution in [1.82, 2.24) is 5.32 Å². The number of para-hydroxylation sites is 1. The van der Waals surface area contributed by atoms with E-state index in [0.29, 0.717) is 18.0 Å². The molecule has 0 saturated carbocycles. The Morgan fingerprint density at radius 3 is 2.89 bits per heavy atom. The fourth-order valence-corrected chi connectivity index (χ4v) is 1.77. The van der Waals surface area contributed by atoms with Crippen LogP contribution in [-0.2, 0) is 0 Å². The van der Waals surface area contributed by atoms with E-state index >= 15 is 0 Å². The maximum atomic E-state index is 11.2. The van der Waals surface area contributed by atoms with Crippen LogP contribution in [-0.4, -0.2) is 30.7 Å². The molecule has 1 saturated heterocycles. The van der Waals surface area contributed by atoms with E-state index in [9.17, 15) is 10.1 Å². The van der Waals surface area contributed by atoms with Gasteiger partial charge in [0.2, 0.25) is 0 Å². The number of nitrogens with one attached hydrogen (secondary N) is 2. The highest BCUT2D eigenvalue weighted by Crippen LogP contribution is 2.35. The number of nitrogens with zero attached hydrogens (tertiary/aromatic N) is 1. The summed E-state index contributed by atoms with van der Waals surface area (Å²) < 4.78 is 5.42. The molecular formula is C12H17N3O3. The summed E-state index contributed by atoms with van der Waals surface area (Å²) in [4.78, 5) is 10.8. The van der Waals surface area contributed by atoms with Crippen LogP contribution in [0.25, 0.3) is 0 Å². The molecule has 0 amide bonds. The van der Waals surface area contributed by atoms with Crippen LogP contribution in [0.2, 0.25) is 0 Å². The third-order valence-corrected chi connectivity index (χ3v) is 2.78. The van der Waals surface area contributed by atoms with Crippen molar-refractivity contribution >= 4 is 11.4 Å². The zero-order chi connectivity index (χ0) is 13.0. The molecule has 1 aromatic carbocycles. The number of nitro benzene ring substituents is 1. The van der Waals surface area contributed by atoms with Gasteiger partial charge in [-0.3, -0.25) is 10.1 Å². The van der Waals surface area contributed by atoms with Gasteiger partial charge < -0.3 is 15.4 Å².